The fourth-order valence-electron chi connectivity index (χ4n) is 2.19. The summed E-state index contributed by atoms with van der Waals surface area (Å²) in [7, 11) is -0.353. The molecule has 2 aromatic rings. The van der Waals surface area contributed by atoms with Gasteiger partial charge in [-0.15, -0.1) is 11.3 Å². The molecule has 0 radical (unpaired) electrons. The van der Waals surface area contributed by atoms with Gasteiger partial charge in [-0.1, -0.05) is 0 Å². The van der Waals surface area contributed by atoms with E-state index in [0.29, 0.717) is 0 Å². The third-order valence-electron chi connectivity index (χ3n) is 4.18. The summed E-state index contributed by atoms with van der Waals surface area (Å²) in [4.78, 5) is 0. The van der Waals surface area contributed by atoms with E-state index >= 15 is 0 Å². The Morgan fingerprint density at radius 1 is 1.20 bits per heavy atom. The highest BCUT2D eigenvalue weighted by Gasteiger charge is 2.52. The predicted octanol–water partition coefficient (Wildman–Crippen LogP) is 2.54. The maximum atomic E-state index is 6.09. The summed E-state index contributed by atoms with van der Waals surface area (Å²) in [6, 6.07) is 4.07. The fourth-order valence-corrected chi connectivity index (χ4v) is 2.84. The van der Waals surface area contributed by atoms with Crippen molar-refractivity contribution in [3.05, 3.63) is 29.4 Å². The Hall–Kier alpha value is -1.11. The van der Waals surface area contributed by atoms with Crippen molar-refractivity contribution in [1.82, 2.24) is 9.78 Å². The summed E-state index contributed by atoms with van der Waals surface area (Å²) in [6.07, 6.45) is 2.00. The lowest BCUT2D eigenvalue weighted by atomic mass is 9.79. The molecule has 0 spiro atoms. The SMILES string of the molecule is Cc1nn(-c2cccs2)cc1B1OC(C)(C)C(C)(C)O1. The minimum atomic E-state index is -0.353. The summed E-state index contributed by atoms with van der Waals surface area (Å²) in [5.41, 5.74) is 1.29. The van der Waals surface area contributed by atoms with Gasteiger partial charge in [0.1, 0.15) is 5.00 Å². The van der Waals surface area contributed by atoms with E-state index in [1.165, 1.54) is 0 Å². The third-order valence-corrected chi connectivity index (χ3v) is 5.03. The second-order valence-corrected chi connectivity index (χ2v) is 7.08. The molecule has 2 aromatic heterocycles. The molecule has 0 atom stereocenters. The van der Waals surface area contributed by atoms with Crippen molar-refractivity contribution in [2.24, 2.45) is 0 Å². The molecule has 6 heteroatoms. The molecule has 0 amide bonds. The van der Waals surface area contributed by atoms with Crippen LogP contribution in [0.25, 0.3) is 5.00 Å². The topological polar surface area (TPSA) is 36.3 Å². The molecule has 1 fully saturated rings. The Labute approximate surface area is 123 Å². The van der Waals surface area contributed by atoms with Crippen LogP contribution in [0, 0.1) is 6.92 Å². The van der Waals surface area contributed by atoms with Crippen molar-refractivity contribution < 1.29 is 9.31 Å². The van der Waals surface area contributed by atoms with Gasteiger partial charge in [0.25, 0.3) is 0 Å². The molecule has 0 saturated carbocycles. The summed E-state index contributed by atoms with van der Waals surface area (Å²) in [5.74, 6) is 0. The molecule has 1 aliphatic heterocycles. The number of rotatable bonds is 2. The number of hydrogen-bond acceptors (Lipinski definition) is 4. The second kappa shape index (κ2) is 4.45. The van der Waals surface area contributed by atoms with E-state index in [1.54, 1.807) is 11.3 Å². The zero-order valence-electron chi connectivity index (χ0n) is 12.5. The summed E-state index contributed by atoms with van der Waals surface area (Å²) >= 11 is 1.66. The third kappa shape index (κ3) is 2.12. The summed E-state index contributed by atoms with van der Waals surface area (Å²) in [5, 5.41) is 7.70. The number of nitrogens with zero attached hydrogens (tertiary/aromatic N) is 2. The summed E-state index contributed by atoms with van der Waals surface area (Å²) in [6.45, 7) is 10.2. The first-order chi connectivity index (χ1) is 9.30. The van der Waals surface area contributed by atoms with Crippen molar-refractivity contribution in [1.29, 1.82) is 0 Å². The van der Waals surface area contributed by atoms with Crippen molar-refractivity contribution in [2.45, 2.75) is 45.8 Å². The van der Waals surface area contributed by atoms with Crippen LogP contribution in [0.3, 0.4) is 0 Å². The van der Waals surface area contributed by atoms with Crippen LogP contribution in [0.4, 0.5) is 0 Å². The van der Waals surface area contributed by atoms with Gasteiger partial charge in [-0.25, -0.2) is 4.68 Å². The van der Waals surface area contributed by atoms with Gasteiger partial charge >= 0.3 is 7.12 Å². The molecule has 4 nitrogen and oxygen atoms in total. The number of hydrogen-bond donors (Lipinski definition) is 0. The molecule has 3 rings (SSSR count). The lowest BCUT2D eigenvalue weighted by molar-refractivity contribution is 0.00578. The Kier molecular flexibility index (Phi) is 3.08. The average Bonchev–Trinajstić information content (AvgIpc) is 2.98. The van der Waals surface area contributed by atoms with E-state index in [-0.39, 0.29) is 18.3 Å². The van der Waals surface area contributed by atoms with Gasteiger partial charge < -0.3 is 9.31 Å². The van der Waals surface area contributed by atoms with E-state index in [1.807, 2.05) is 35.3 Å². The molecule has 0 aliphatic carbocycles. The standard InChI is InChI=1S/C14H19BN2O2S/c1-10-11(9-17(16-10)12-7-6-8-20-12)15-18-13(2,3)14(4,5)19-15/h6-9H,1-5H3. The number of aromatic nitrogens is 2. The van der Waals surface area contributed by atoms with Gasteiger partial charge in [0.15, 0.2) is 0 Å². The van der Waals surface area contributed by atoms with Crippen molar-refractivity contribution in [3.8, 4) is 5.00 Å². The predicted molar refractivity (Wildman–Crippen MR) is 81.9 cm³/mol. The van der Waals surface area contributed by atoms with Crippen LogP contribution in [0.15, 0.2) is 23.7 Å². The van der Waals surface area contributed by atoms with Crippen LogP contribution in [0.1, 0.15) is 33.4 Å². The lowest BCUT2D eigenvalue weighted by Crippen LogP contribution is -2.41. The van der Waals surface area contributed by atoms with Crippen LogP contribution in [0.5, 0.6) is 0 Å². The minimum absolute atomic E-state index is 0.324. The van der Waals surface area contributed by atoms with Gasteiger partial charge in [-0.3, -0.25) is 0 Å². The summed E-state index contributed by atoms with van der Waals surface area (Å²) < 4.78 is 14.1. The Morgan fingerprint density at radius 2 is 1.85 bits per heavy atom. The first-order valence-corrected chi connectivity index (χ1v) is 7.64. The molecule has 1 aliphatic rings. The Bertz CT molecular complexity index is 603. The fraction of sp³-hybridized carbons (Fsp3) is 0.500. The molecular weight excluding hydrogens is 271 g/mol. The van der Waals surface area contributed by atoms with Crippen molar-refractivity contribution in [2.75, 3.05) is 0 Å². The average molecular weight is 290 g/mol. The van der Waals surface area contributed by atoms with Gasteiger partial charge in [0, 0.05) is 11.7 Å². The molecule has 106 valence electrons. The van der Waals surface area contributed by atoms with E-state index in [0.717, 1.165) is 16.2 Å². The van der Waals surface area contributed by atoms with Crippen molar-refractivity contribution in [3.63, 3.8) is 0 Å². The highest BCUT2D eigenvalue weighted by atomic mass is 32.1. The first kappa shape index (κ1) is 13.9. The van der Waals surface area contributed by atoms with E-state index < -0.39 is 0 Å². The molecular formula is C14H19BN2O2S. The molecule has 0 aromatic carbocycles. The number of thiophene rings is 1. The quantitative estimate of drug-likeness (QED) is 0.797. The highest BCUT2D eigenvalue weighted by molar-refractivity contribution is 7.12. The normalized spacial score (nSPS) is 20.6. The van der Waals surface area contributed by atoms with Gasteiger partial charge in [0.2, 0.25) is 0 Å². The smallest absolute Gasteiger partial charge is 0.399 e. The molecule has 0 bridgehead atoms. The monoisotopic (exact) mass is 290 g/mol. The Balaban J connectivity index is 1.93. The van der Waals surface area contributed by atoms with Gasteiger partial charge in [-0.05, 0) is 52.1 Å². The maximum Gasteiger partial charge on any atom is 0.498 e. The molecule has 3 heterocycles. The van der Waals surface area contributed by atoms with Crippen LogP contribution < -0.4 is 5.46 Å². The first-order valence-electron chi connectivity index (χ1n) is 6.76. The van der Waals surface area contributed by atoms with Crippen LogP contribution in [-0.4, -0.2) is 28.1 Å². The van der Waals surface area contributed by atoms with Crippen molar-refractivity contribution >= 4 is 23.9 Å². The van der Waals surface area contributed by atoms with Gasteiger partial charge in [-0.2, -0.15) is 5.10 Å². The molecule has 0 unspecified atom stereocenters. The number of aryl methyl sites for hydroxylation is 1. The lowest BCUT2D eigenvalue weighted by Gasteiger charge is -2.32. The van der Waals surface area contributed by atoms with Gasteiger partial charge in [0.05, 0.1) is 16.9 Å². The second-order valence-electron chi connectivity index (χ2n) is 6.15. The molecule has 1 saturated heterocycles. The maximum absolute atomic E-state index is 6.09. The largest absolute Gasteiger partial charge is 0.498 e. The zero-order chi connectivity index (χ0) is 14.5. The minimum Gasteiger partial charge on any atom is -0.399 e. The zero-order valence-corrected chi connectivity index (χ0v) is 13.3. The van der Waals surface area contributed by atoms with E-state index in [2.05, 4.69) is 32.8 Å². The van der Waals surface area contributed by atoms with Crippen LogP contribution in [0.2, 0.25) is 0 Å². The highest BCUT2D eigenvalue weighted by Crippen LogP contribution is 2.36. The Morgan fingerprint density at radius 3 is 2.40 bits per heavy atom. The van der Waals surface area contributed by atoms with E-state index in [4.69, 9.17) is 9.31 Å². The van der Waals surface area contributed by atoms with Crippen LogP contribution in [-0.2, 0) is 9.31 Å². The van der Waals surface area contributed by atoms with Crippen LogP contribution >= 0.6 is 11.3 Å². The van der Waals surface area contributed by atoms with E-state index in [9.17, 15) is 0 Å². The molecule has 20 heavy (non-hydrogen) atoms. The molecule has 0 N–H and O–H groups in total.